The van der Waals surface area contributed by atoms with Crippen molar-refractivity contribution in [3.63, 3.8) is 0 Å². The van der Waals surface area contributed by atoms with Crippen LogP contribution in [0.1, 0.15) is 25.8 Å². The Morgan fingerprint density at radius 3 is 2.44 bits per heavy atom. The number of aliphatic hydroxyl groups is 1. The van der Waals surface area contributed by atoms with Gasteiger partial charge in [0.2, 0.25) is 0 Å². The molecule has 0 fully saturated rings. The molecule has 0 amide bonds. The fourth-order valence-electron chi connectivity index (χ4n) is 1.73. The predicted octanol–water partition coefficient (Wildman–Crippen LogP) is 2.84. The van der Waals surface area contributed by atoms with E-state index in [-0.39, 0.29) is 6.10 Å². The van der Waals surface area contributed by atoms with Crippen molar-refractivity contribution in [3.8, 4) is 0 Å². The van der Waals surface area contributed by atoms with Gasteiger partial charge in [-0.3, -0.25) is 0 Å². The van der Waals surface area contributed by atoms with Crippen LogP contribution in [0, 0.1) is 5.92 Å². The first-order valence-electron chi connectivity index (χ1n) is 5.71. The van der Waals surface area contributed by atoms with Gasteiger partial charge in [-0.05, 0) is 43.5 Å². The molecular weight excluding hydrogens is 222 g/mol. The first-order valence-corrected chi connectivity index (χ1v) is 6.09. The summed E-state index contributed by atoms with van der Waals surface area (Å²) in [6.45, 7) is 5.74. The molecule has 0 spiro atoms. The van der Waals surface area contributed by atoms with E-state index in [0.29, 0.717) is 5.92 Å². The maximum atomic E-state index is 9.23. The second-order valence-corrected chi connectivity index (χ2v) is 4.88. The van der Waals surface area contributed by atoms with Crippen LogP contribution in [0.4, 0.5) is 0 Å². The van der Waals surface area contributed by atoms with Crippen molar-refractivity contribution in [3.05, 3.63) is 34.9 Å². The van der Waals surface area contributed by atoms with Gasteiger partial charge in [-0.1, -0.05) is 30.7 Å². The highest BCUT2D eigenvalue weighted by atomic mass is 35.5. The van der Waals surface area contributed by atoms with E-state index in [4.69, 9.17) is 11.6 Å². The van der Waals surface area contributed by atoms with Crippen LogP contribution in [0.5, 0.6) is 0 Å². The number of aliphatic hydroxyl groups excluding tert-OH is 1. The third-order valence-corrected chi connectivity index (χ3v) is 2.73. The predicted molar refractivity (Wildman–Crippen MR) is 68.6 cm³/mol. The minimum atomic E-state index is -0.215. The monoisotopic (exact) mass is 241 g/mol. The Bertz CT molecular complexity index is 297. The topological polar surface area (TPSA) is 32.3 Å². The van der Waals surface area contributed by atoms with Crippen LogP contribution in [-0.4, -0.2) is 17.8 Å². The summed E-state index contributed by atoms with van der Waals surface area (Å²) in [7, 11) is 0. The molecule has 0 aliphatic carbocycles. The van der Waals surface area contributed by atoms with Gasteiger partial charge in [0.25, 0.3) is 0 Å². The van der Waals surface area contributed by atoms with Crippen LogP contribution in [-0.2, 0) is 6.54 Å². The largest absolute Gasteiger partial charge is 0.393 e. The van der Waals surface area contributed by atoms with Crippen LogP contribution in [0.3, 0.4) is 0 Å². The average Bonchev–Trinajstić information content (AvgIpc) is 2.20. The van der Waals surface area contributed by atoms with E-state index in [9.17, 15) is 5.11 Å². The molecule has 0 bridgehead atoms. The molecule has 1 rings (SSSR count). The third kappa shape index (κ3) is 5.50. The lowest BCUT2D eigenvalue weighted by molar-refractivity contribution is 0.163. The molecular formula is C13H20ClNO. The summed E-state index contributed by atoms with van der Waals surface area (Å²) >= 11 is 5.81. The Kier molecular flexibility index (Phi) is 5.81. The van der Waals surface area contributed by atoms with Crippen molar-refractivity contribution in [2.75, 3.05) is 6.54 Å². The molecule has 0 heterocycles. The third-order valence-electron chi connectivity index (χ3n) is 2.48. The van der Waals surface area contributed by atoms with E-state index in [1.165, 1.54) is 5.56 Å². The molecule has 2 atom stereocenters. The van der Waals surface area contributed by atoms with Crippen LogP contribution in [0.2, 0.25) is 5.02 Å². The van der Waals surface area contributed by atoms with Gasteiger partial charge in [-0.2, -0.15) is 0 Å². The molecule has 0 radical (unpaired) electrons. The number of benzene rings is 1. The van der Waals surface area contributed by atoms with E-state index < -0.39 is 0 Å². The Morgan fingerprint density at radius 2 is 1.88 bits per heavy atom. The highest BCUT2D eigenvalue weighted by molar-refractivity contribution is 6.30. The number of hydrogen-bond acceptors (Lipinski definition) is 2. The minimum Gasteiger partial charge on any atom is -0.393 e. The van der Waals surface area contributed by atoms with Gasteiger partial charge < -0.3 is 10.4 Å². The summed E-state index contributed by atoms with van der Waals surface area (Å²) in [5.74, 6) is 0.493. The molecule has 2 N–H and O–H groups in total. The van der Waals surface area contributed by atoms with Crippen LogP contribution < -0.4 is 5.32 Å². The zero-order valence-corrected chi connectivity index (χ0v) is 10.7. The highest BCUT2D eigenvalue weighted by Crippen LogP contribution is 2.09. The number of rotatable bonds is 6. The first-order chi connectivity index (χ1) is 7.58. The van der Waals surface area contributed by atoms with E-state index in [0.717, 1.165) is 24.5 Å². The van der Waals surface area contributed by atoms with Gasteiger partial charge in [-0.15, -0.1) is 0 Å². The molecule has 0 aromatic heterocycles. The summed E-state index contributed by atoms with van der Waals surface area (Å²) in [6.07, 6.45) is 0.625. The molecule has 90 valence electrons. The fraction of sp³-hybridized carbons (Fsp3) is 0.538. The quantitative estimate of drug-likeness (QED) is 0.803. The lowest BCUT2D eigenvalue weighted by atomic mass is 10.0. The van der Waals surface area contributed by atoms with Gasteiger partial charge in [0.05, 0.1) is 6.10 Å². The summed E-state index contributed by atoms with van der Waals surface area (Å²) in [5, 5.41) is 13.4. The van der Waals surface area contributed by atoms with Crippen LogP contribution in [0.25, 0.3) is 0 Å². The van der Waals surface area contributed by atoms with E-state index in [1.54, 1.807) is 0 Å². The normalized spacial score (nSPS) is 14.8. The molecule has 0 aliphatic heterocycles. The molecule has 1 aromatic rings. The van der Waals surface area contributed by atoms with E-state index in [2.05, 4.69) is 12.2 Å². The fourth-order valence-corrected chi connectivity index (χ4v) is 1.86. The summed E-state index contributed by atoms with van der Waals surface area (Å²) in [6, 6.07) is 7.85. The highest BCUT2D eigenvalue weighted by Gasteiger charge is 2.05. The van der Waals surface area contributed by atoms with Crippen molar-refractivity contribution in [2.24, 2.45) is 5.92 Å². The second-order valence-electron chi connectivity index (χ2n) is 4.45. The smallest absolute Gasteiger partial charge is 0.0515 e. The van der Waals surface area contributed by atoms with Crippen molar-refractivity contribution in [1.29, 1.82) is 0 Å². The SMILES string of the molecule is CC(O)CC(C)CNCc1ccc(Cl)cc1. The standard InChI is InChI=1S/C13H20ClNO/c1-10(7-11(2)16)8-15-9-12-3-5-13(14)6-4-12/h3-6,10-11,15-16H,7-9H2,1-2H3. The zero-order chi connectivity index (χ0) is 12.0. The first kappa shape index (κ1) is 13.5. The number of hydrogen-bond donors (Lipinski definition) is 2. The molecule has 2 nitrogen and oxygen atoms in total. The van der Waals surface area contributed by atoms with Crippen molar-refractivity contribution >= 4 is 11.6 Å². The maximum absolute atomic E-state index is 9.23. The molecule has 3 heteroatoms. The zero-order valence-electron chi connectivity index (χ0n) is 9.91. The van der Waals surface area contributed by atoms with Crippen molar-refractivity contribution in [2.45, 2.75) is 32.9 Å². The summed E-state index contributed by atoms with van der Waals surface area (Å²) in [4.78, 5) is 0. The molecule has 0 aliphatic rings. The molecule has 0 saturated carbocycles. The van der Waals surface area contributed by atoms with Crippen LogP contribution in [0.15, 0.2) is 24.3 Å². The maximum Gasteiger partial charge on any atom is 0.0515 e. The molecule has 1 aromatic carbocycles. The van der Waals surface area contributed by atoms with Crippen molar-refractivity contribution < 1.29 is 5.11 Å². The van der Waals surface area contributed by atoms with Crippen LogP contribution >= 0.6 is 11.6 Å². The van der Waals surface area contributed by atoms with E-state index in [1.807, 2.05) is 31.2 Å². The minimum absolute atomic E-state index is 0.215. The summed E-state index contributed by atoms with van der Waals surface area (Å²) < 4.78 is 0. The average molecular weight is 242 g/mol. The second kappa shape index (κ2) is 6.89. The van der Waals surface area contributed by atoms with Gasteiger partial charge in [-0.25, -0.2) is 0 Å². The lowest BCUT2D eigenvalue weighted by Gasteiger charge is -2.14. The Balaban J connectivity index is 2.22. The van der Waals surface area contributed by atoms with Gasteiger partial charge in [0.1, 0.15) is 0 Å². The molecule has 2 unspecified atom stereocenters. The number of halogens is 1. The van der Waals surface area contributed by atoms with Gasteiger partial charge in [0.15, 0.2) is 0 Å². The Labute approximate surface area is 103 Å². The number of nitrogens with one attached hydrogen (secondary N) is 1. The Hall–Kier alpha value is -0.570. The van der Waals surface area contributed by atoms with Gasteiger partial charge in [0, 0.05) is 11.6 Å². The lowest BCUT2D eigenvalue weighted by Crippen LogP contribution is -2.23. The Morgan fingerprint density at radius 1 is 1.25 bits per heavy atom. The summed E-state index contributed by atoms with van der Waals surface area (Å²) in [5.41, 5.74) is 1.23. The van der Waals surface area contributed by atoms with Crippen molar-refractivity contribution in [1.82, 2.24) is 5.32 Å². The van der Waals surface area contributed by atoms with E-state index >= 15 is 0 Å². The molecule has 0 saturated heterocycles. The van der Waals surface area contributed by atoms with Gasteiger partial charge >= 0.3 is 0 Å². The molecule has 16 heavy (non-hydrogen) atoms.